The Kier molecular flexibility index (Phi) is 6.21. The van der Waals surface area contributed by atoms with E-state index in [0.29, 0.717) is 17.3 Å². The predicted octanol–water partition coefficient (Wildman–Crippen LogP) is 3.68. The first-order valence-electron chi connectivity index (χ1n) is 8.79. The summed E-state index contributed by atoms with van der Waals surface area (Å²) in [6, 6.07) is 9.53. The van der Waals surface area contributed by atoms with Crippen molar-refractivity contribution in [2.75, 3.05) is 11.9 Å². The fourth-order valence-electron chi connectivity index (χ4n) is 2.96. The Bertz CT molecular complexity index is 782. The molecule has 0 saturated carbocycles. The van der Waals surface area contributed by atoms with E-state index in [1.165, 1.54) is 11.3 Å². The molecule has 3 rings (SSSR count). The summed E-state index contributed by atoms with van der Waals surface area (Å²) in [5.74, 6) is 0. The molecule has 1 saturated heterocycles. The average Bonchev–Trinajstić information content (AvgIpc) is 3.09. The van der Waals surface area contributed by atoms with Crippen LogP contribution in [0.5, 0.6) is 0 Å². The summed E-state index contributed by atoms with van der Waals surface area (Å²) in [5, 5.41) is 15.3. The monoisotopic (exact) mass is 370 g/mol. The highest BCUT2D eigenvalue weighted by molar-refractivity contribution is 7.15. The highest BCUT2D eigenvalue weighted by Gasteiger charge is 2.22. The summed E-state index contributed by atoms with van der Waals surface area (Å²) in [6.45, 7) is 2.79. The second-order valence-electron chi connectivity index (χ2n) is 6.34. The van der Waals surface area contributed by atoms with Crippen LogP contribution in [-0.2, 0) is 11.2 Å². The molecular weight excluding hydrogens is 348 g/mol. The van der Waals surface area contributed by atoms with Crippen LogP contribution < -0.4 is 10.6 Å². The molecule has 7 heteroatoms. The zero-order valence-electron chi connectivity index (χ0n) is 14.7. The fourth-order valence-corrected chi connectivity index (χ4v) is 3.80. The van der Waals surface area contributed by atoms with Crippen LogP contribution in [0.4, 0.5) is 9.93 Å². The molecule has 2 heterocycles. The van der Waals surface area contributed by atoms with Crippen molar-refractivity contribution in [2.24, 2.45) is 0 Å². The van der Waals surface area contributed by atoms with Crippen LogP contribution in [0.15, 0.2) is 30.5 Å². The van der Waals surface area contributed by atoms with Crippen LogP contribution in [0, 0.1) is 11.3 Å². The quantitative estimate of drug-likeness (QED) is 0.840. The van der Waals surface area contributed by atoms with Crippen LogP contribution in [0.25, 0.3) is 0 Å². The van der Waals surface area contributed by atoms with E-state index in [2.05, 4.69) is 28.6 Å². The predicted molar refractivity (Wildman–Crippen MR) is 101 cm³/mol. The van der Waals surface area contributed by atoms with Crippen LogP contribution in [0.2, 0.25) is 0 Å². The van der Waals surface area contributed by atoms with Crippen molar-refractivity contribution < 1.29 is 9.53 Å². The third-order valence-corrected chi connectivity index (χ3v) is 5.31. The van der Waals surface area contributed by atoms with Crippen LogP contribution in [0.1, 0.15) is 42.2 Å². The lowest BCUT2D eigenvalue weighted by Crippen LogP contribution is -2.43. The van der Waals surface area contributed by atoms with E-state index in [9.17, 15) is 4.79 Å². The number of urea groups is 1. The smallest absolute Gasteiger partial charge is 0.321 e. The summed E-state index contributed by atoms with van der Waals surface area (Å²) in [7, 11) is 0. The lowest BCUT2D eigenvalue weighted by Gasteiger charge is -2.29. The van der Waals surface area contributed by atoms with Crippen LogP contribution >= 0.6 is 11.3 Å². The number of nitrogens with one attached hydrogen (secondary N) is 2. The van der Waals surface area contributed by atoms with E-state index in [1.54, 1.807) is 18.3 Å². The van der Waals surface area contributed by atoms with Gasteiger partial charge in [-0.25, -0.2) is 9.78 Å². The molecule has 2 unspecified atom stereocenters. The van der Waals surface area contributed by atoms with Gasteiger partial charge in [-0.15, -0.1) is 11.3 Å². The third-order valence-electron chi connectivity index (χ3n) is 4.39. The van der Waals surface area contributed by atoms with Gasteiger partial charge in [0.05, 0.1) is 17.7 Å². The van der Waals surface area contributed by atoms with Crippen molar-refractivity contribution in [1.82, 2.24) is 10.3 Å². The Morgan fingerprint density at radius 2 is 2.23 bits per heavy atom. The maximum Gasteiger partial charge on any atom is 0.321 e. The summed E-state index contributed by atoms with van der Waals surface area (Å²) in [6.07, 6.45) is 5.39. The second kappa shape index (κ2) is 8.79. The number of hydrogen-bond acceptors (Lipinski definition) is 5. The third kappa shape index (κ3) is 5.04. The number of anilines is 1. The van der Waals surface area contributed by atoms with Crippen molar-refractivity contribution >= 4 is 22.5 Å². The molecule has 2 atom stereocenters. The summed E-state index contributed by atoms with van der Waals surface area (Å²) in [4.78, 5) is 17.5. The van der Waals surface area contributed by atoms with E-state index >= 15 is 0 Å². The van der Waals surface area contributed by atoms with E-state index in [1.807, 2.05) is 12.1 Å². The lowest BCUT2D eigenvalue weighted by atomic mass is 10.0. The Morgan fingerprint density at radius 3 is 2.96 bits per heavy atom. The Labute approximate surface area is 157 Å². The zero-order valence-corrected chi connectivity index (χ0v) is 15.5. The second-order valence-corrected chi connectivity index (χ2v) is 7.45. The van der Waals surface area contributed by atoms with E-state index < -0.39 is 0 Å². The molecule has 1 aromatic carbocycles. The van der Waals surface area contributed by atoms with Gasteiger partial charge in [0.15, 0.2) is 5.13 Å². The lowest BCUT2D eigenvalue weighted by molar-refractivity contribution is 0.00220. The van der Waals surface area contributed by atoms with Gasteiger partial charge in [-0.1, -0.05) is 19.1 Å². The molecule has 2 N–H and O–H groups in total. The summed E-state index contributed by atoms with van der Waals surface area (Å²) < 4.78 is 5.63. The number of hydrogen-bond donors (Lipinski definition) is 2. The standard InChI is InChI=1S/C19H22N4O2S/c1-2-16-10-15(7-8-25-16)22-18(24)23-19-21-12-17(26-19)9-13-3-5-14(11-20)6-4-13/h3-6,12,15-16H,2,7-10H2,1H3,(H2,21,22,23,24). The number of nitriles is 1. The van der Waals surface area contributed by atoms with Crippen molar-refractivity contribution in [3.05, 3.63) is 46.5 Å². The van der Waals surface area contributed by atoms with Crippen molar-refractivity contribution in [3.63, 3.8) is 0 Å². The molecule has 0 bridgehead atoms. The van der Waals surface area contributed by atoms with E-state index in [0.717, 1.165) is 36.1 Å². The van der Waals surface area contributed by atoms with Gasteiger partial charge >= 0.3 is 6.03 Å². The SMILES string of the molecule is CCC1CC(NC(=O)Nc2ncc(Cc3ccc(C#N)cc3)s2)CCO1. The summed E-state index contributed by atoms with van der Waals surface area (Å²) in [5.41, 5.74) is 1.76. The maximum atomic E-state index is 12.2. The van der Waals surface area contributed by atoms with Crippen molar-refractivity contribution in [2.45, 2.75) is 44.8 Å². The number of carbonyl (C=O) groups excluding carboxylic acids is 1. The molecule has 0 spiro atoms. The number of aromatic nitrogens is 1. The highest BCUT2D eigenvalue weighted by Crippen LogP contribution is 2.22. The molecule has 1 aliphatic rings. The van der Waals surface area contributed by atoms with Crippen LogP contribution in [-0.4, -0.2) is 29.8 Å². The first-order valence-corrected chi connectivity index (χ1v) is 9.60. The number of amides is 2. The molecular formula is C19H22N4O2S. The normalized spacial score (nSPS) is 19.5. The summed E-state index contributed by atoms with van der Waals surface area (Å²) >= 11 is 1.46. The highest BCUT2D eigenvalue weighted by atomic mass is 32.1. The van der Waals surface area contributed by atoms with Crippen molar-refractivity contribution in [3.8, 4) is 6.07 Å². The van der Waals surface area contributed by atoms with Gasteiger partial charge in [0.2, 0.25) is 0 Å². The largest absolute Gasteiger partial charge is 0.378 e. The van der Waals surface area contributed by atoms with Crippen LogP contribution in [0.3, 0.4) is 0 Å². The number of nitrogens with zero attached hydrogens (tertiary/aromatic N) is 2. The number of rotatable bonds is 5. The van der Waals surface area contributed by atoms with Gasteiger partial charge in [-0.05, 0) is 37.0 Å². The molecule has 6 nitrogen and oxygen atoms in total. The van der Waals surface area contributed by atoms with Gasteiger partial charge in [-0.3, -0.25) is 5.32 Å². The fraction of sp³-hybridized carbons (Fsp3) is 0.421. The van der Waals surface area contributed by atoms with E-state index in [4.69, 9.17) is 10.00 Å². The molecule has 1 aromatic heterocycles. The number of carbonyl (C=O) groups is 1. The minimum absolute atomic E-state index is 0.145. The molecule has 26 heavy (non-hydrogen) atoms. The minimum atomic E-state index is -0.217. The first-order chi connectivity index (χ1) is 12.7. The topological polar surface area (TPSA) is 87.0 Å². The maximum absolute atomic E-state index is 12.2. The Balaban J connectivity index is 1.51. The number of thiazole rings is 1. The number of ether oxygens (including phenoxy) is 1. The molecule has 136 valence electrons. The first kappa shape index (κ1) is 18.4. The Hall–Kier alpha value is -2.43. The zero-order chi connectivity index (χ0) is 18.4. The van der Waals surface area contributed by atoms with E-state index in [-0.39, 0.29) is 18.2 Å². The molecule has 0 aliphatic carbocycles. The van der Waals surface area contributed by atoms with Gasteiger partial charge in [-0.2, -0.15) is 5.26 Å². The molecule has 2 amide bonds. The Morgan fingerprint density at radius 1 is 1.42 bits per heavy atom. The number of benzene rings is 1. The molecule has 0 radical (unpaired) electrons. The molecule has 1 fully saturated rings. The van der Waals surface area contributed by atoms with Gasteiger partial charge in [0.25, 0.3) is 0 Å². The molecule has 2 aromatic rings. The van der Waals surface area contributed by atoms with Gasteiger partial charge < -0.3 is 10.1 Å². The minimum Gasteiger partial charge on any atom is -0.378 e. The molecule has 1 aliphatic heterocycles. The van der Waals surface area contributed by atoms with Gasteiger partial charge in [0, 0.05) is 30.1 Å². The van der Waals surface area contributed by atoms with Crippen molar-refractivity contribution in [1.29, 1.82) is 5.26 Å². The van der Waals surface area contributed by atoms with Gasteiger partial charge in [0.1, 0.15) is 0 Å². The average molecular weight is 370 g/mol.